The quantitative estimate of drug-likeness (QED) is 0.811. The van der Waals surface area contributed by atoms with Crippen molar-refractivity contribution in [1.29, 1.82) is 0 Å². The van der Waals surface area contributed by atoms with E-state index in [0.29, 0.717) is 12.1 Å². The van der Waals surface area contributed by atoms with E-state index in [2.05, 4.69) is 62.3 Å². The SMILES string of the molecule is CCNC(CC)c1ccccc1N(C)C1CCCCC1C. The third-order valence-corrected chi connectivity index (χ3v) is 5.11. The van der Waals surface area contributed by atoms with E-state index in [1.165, 1.54) is 36.9 Å². The van der Waals surface area contributed by atoms with E-state index in [1.54, 1.807) is 0 Å². The van der Waals surface area contributed by atoms with Gasteiger partial charge in [0.25, 0.3) is 0 Å². The fourth-order valence-electron chi connectivity index (χ4n) is 3.87. The molecule has 0 heterocycles. The number of rotatable bonds is 6. The van der Waals surface area contributed by atoms with Crippen LogP contribution >= 0.6 is 0 Å². The lowest BCUT2D eigenvalue weighted by atomic mass is 9.84. The zero-order chi connectivity index (χ0) is 15.2. The van der Waals surface area contributed by atoms with E-state index in [1.807, 2.05) is 0 Å². The Kier molecular flexibility index (Phi) is 6.10. The van der Waals surface area contributed by atoms with E-state index < -0.39 is 0 Å². The van der Waals surface area contributed by atoms with Gasteiger partial charge in [-0.05, 0) is 43.4 Å². The van der Waals surface area contributed by atoms with E-state index in [-0.39, 0.29) is 0 Å². The average molecular weight is 288 g/mol. The molecule has 1 saturated carbocycles. The molecule has 2 rings (SSSR count). The second kappa shape index (κ2) is 7.84. The normalized spacial score (nSPS) is 23.8. The molecule has 1 aromatic carbocycles. The van der Waals surface area contributed by atoms with E-state index in [4.69, 9.17) is 0 Å². The van der Waals surface area contributed by atoms with Crippen LogP contribution in [0.1, 0.15) is 64.5 Å². The number of benzene rings is 1. The fraction of sp³-hybridized carbons (Fsp3) is 0.684. The number of hydrogen-bond donors (Lipinski definition) is 1. The highest BCUT2D eigenvalue weighted by molar-refractivity contribution is 5.55. The molecule has 3 atom stereocenters. The van der Waals surface area contributed by atoms with Crippen LogP contribution in [-0.2, 0) is 0 Å². The van der Waals surface area contributed by atoms with Crippen LogP contribution < -0.4 is 10.2 Å². The summed E-state index contributed by atoms with van der Waals surface area (Å²) in [7, 11) is 2.30. The van der Waals surface area contributed by atoms with Crippen LogP contribution in [0.25, 0.3) is 0 Å². The van der Waals surface area contributed by atoms with Crippen LogP contribution in [0.5, 0.6) is 0 Å². The van der Waals surface area contributed by atoms with E-state index in [9.17, 15) is 0 Å². The molecule has 0 radical (unpaired) electrons. The minimum atomic E-state index is 0.465. The Morgan fingerprint density at radius 3 is 2.57 bits per heavy atom. The first kappa shape index (κ1) is 16.4. The summed E-state index contributed by atoms with van der Waals surface area (Å²) in [6, 6.07) is 10.1. The van der Waals surface area contributed by atoms with Crippen LogP contribution in [0, 0.1) is 5.92 Å². The van der Waals surface area contributed by atoms with Crippen molar-refractivity contribution in [2.24, 2.45) is 5.92 Å². The Hall–Kier alpha value is -1.02. The molecule has 118 valence electrons. The standard InChI is InChI=1S/C19H32N2/c1-5-17(20-6-2)16-12-8-10-14-19(16)21(4)18-13-9-7-11-15(18)3/h8,10,12,14-15,17-18,20H,5-7,9,11,13H2,1-4H3. The summed E-state index contributed by atoms with van der Waals surface area (Å²) in [6.07, 6.45) is 6.64. The van der Waals surface area contributed by atoms with Crippen LogP contribution in [0.2, 0.25) is 0 Å². The molecule has 0 saturated heterocycles. The summed E-state index contributed by atoms with van der Waals surface area (Å²) in [4.78, 5) is 2.55. The van der Waals surface area contributed by atoms with Crippen molar-refractivity contribution in [3.63, 3.8) is 0 Å². The molecule has 1 aromatic rings. The zero-order valence-corrected chi connectivity index (χ0v) is 14.2. The molecular weight excluding hydrogens is 256 g/mol. The summed E-state index contributed by atoms with van der Waals surface area (Å²) in [5.74, 6) is 0.802. The van der Waals surface area contributed by atoms with Crippen LogP contribution in [-0.4, -0.2) is 19.6 Å². The van der Waals surface area contributed by atoms with Gasteiger partial charge < -0.3 is 10.2 Å². The molecule has 0 amide bonds. The number of para-hydroxylation sites is 1. The van der Waals surface area contributed by atoms with Gasteiger partial charge in [-0.2, -0.15) is 0 Å². The van der Waals surface area contributed by atoms with Crippen molar-refractivity contribution in [1.82, 2.24) is 5.32 Å². The van der Waals surface area contributed by atoms with Crippen molar-refractivity contribution in [3.05, 3.63) is 29.8 Å². The molecule has 0 aromatic heterocycles. The van der Waals surface area contributed by atoms with Crippen molar-refractivity contribution in [3.8, 4) is 0 Å². The van der Waals surface area contributed by atoms with Gasteiger partial charge in [0.2, 0.25) is 0 Å². The molecule has 0 aliphatic heterocycles. The Morgan fingerprint density at radius 2 is 1.90 bits per heavy atom. The molecule has 2 heteroatoms. The molecule has 2 nitrogen and oxygen atoms in total. The highest BCUT2D eigenvalue weighted by Gasteiger charge is 2.27. The van der Waals surface area contributed by atoms with Crippen molar-refractivity contribution >= 4 is 5.69 Å². The van der Waals surface area contributed by atoms with Gasteiger partial charge in [-0.1, -0.05) is 51.8 Å². The van der Waals surface area contributed by atoms with Gasteiger partial charge >= 0.3 is 0 Å². The molecule has 1 fully saturated rings. The van der Waals surface area contributed by atoms with Crippen LogP contribution in [0.15, 0.2) is 24.3 Å². The smallest absolute Gasteiger partial charge is 0.0414 e. The van der Waals surface area contributed by atoms with Gasteiger partial charge in [-0.25, -0.2) is 0 Å². The first-order valence-corrected chi connectivity index (χ1v) is 8.74. The monoisotopic (exact) mass is 288 g/mol. The second-order valence-electron chi connectivity index (χ2n) is 6.52. The molecule has 0 bridgehead atoms. The molecular formula is C19H32N2. The highest BCUT2D eigenvalue weighted by Crippen LogP contribution is 2.34. The van der Waals surface area contributed by atoms with Gasteiger partial charge in [-0.3, -0.25) is 0 Å². The predicted octanol–water partition coefficient (Wildman–Crippen LogP) is 4.76. The Morgan fingerprint density at radius 1 is 1.19 bits per heavy atom. The van der Waals surface area contributed by atoms with Crippen molar-refractivity contribution in [2.75, 3.05) is 18.5 Å². The summed E-state index contributed by atoms with van der Waals surface area (Å²) < 4.78 is 0. The summed E-state index contributed by atoms with van der Waals surface area (Å²) in [6.45, 7) is 7.91. The topological polar surface area (TPSA) is 15.3 Å². The lowest BCUT2D eigenvalue weighted by molar-refractivity contribution is 0.321. The van der Waals surface area contributed by atoms with Crippen LogP contribution in [0.4, 0.5) is 5.69 Å². The zero-order valence-electron chi connectivity index (χ0n) is 14.2. The Bertz CT molecular complexity index is 429. The fourth-order valence-corrected chi connectivity index (χ4v) is 3.87. The van der Waals surface area contributed by atoms with E-state index in [0.717, 1.165) is 18.9 Å². The predicted molar refractivity (Wildman–Crippen MR) is 93.0 cm³/mol. The third-order valence-electron chi connectivity index (χ3n) is 5.11. The minimum absolute atomic E-state index is 0.465. The van der Waals surface area contributed by atoms with Gasteiger partial charge in [0.15, 0.2) is 0 Å². The lowest BCUT2D eigenvalue weighted by Gasteiger charge is -2.39. The van der Waals surface area contributed by atoms with E-state index >= 15 is 0 Å². The molecule has 1 aliphatic rings. The molecule has 3 unspecified atom stereocenters. The first-order valence-electron chi connectivity index (χ1n) is 8.74. The maximum absolute atomic E-state index is 3.63. The summed E-state index contributed by atoms with van der Waals surface area (Å²) in [5.41, 5.74) is 2.88. The van der Waals surface area contributed by atoms with Gasteiger partial charge in [0.1, 0.15) is 0 Å². The lowest BCUT2D eigenvalue weighted by Crippen LogP contribution is -2.40. The van der Waals surface area contributed by atoms with Gasteiger partial charge in [-0.15, -0.1) is 0 Å². The molecule has 21 heavy (non-hydrogen) atoms. The maximum Gasteiger partial charge on any atom is 0.0414 e. The second-order valence-corrected chi connectivity index (χ2v) is 6.52. The number of nitrogens with zero attached hydrogens (tertiary/aromatic N) is 1. The highest BCUT2D eigenvalue weighted by atomic mass is 15.1. The molecule has 1 N–H and O–H groups in total. The number of anilines is 1. The summed E-state index contributed by atoms with van der Waals surface area (Å²) >= 11 is 0. The van der Waals surface area contributed by atoms with Crippen molar-refractivity contribution in [2.45, 2.75) is 65.0 Å². The summed E-state index contributed by atoms with van der Waals surface area (Å²) in [5, 5.41) is 3.63. The third kappa shape index (κ3) is 3.79. The molecule has 1 aliphatic carbocycles. The van der Waals surface area contributed by atoms with Crippen molar-refractivity contribution < 1.29 is 0 Å². The van der Waals surface area contributed by atoms with Crippen LogP contribution in [0.3, 0.4) is 0 Å². The minimum Gasteiger partial charge on any atom is -0.371 e. The number of nitrogens with one attached hydrogen (secondary N) is 1. The Balaban J connectivity index is 2.25. The first-order chi connectivity index (χ1) is 10.2. The van der Waals surface area contributed by atoms with Gasteiger partial charge in [0.05, 0.1) is 0 Å². The largest absolute Gasteiger partial charge is 0.371 e. The molecule has 0 spiro atoms. The Labute approximate surface area is 130 Å². The maximum atomic E-state index is 3.63. The van der Waals surface area contributed by atoms with Gasteiger partial charge in [0, 0.05) is 24.8 Å². The average Bonchev–Trinajstić information content (AvgIpc) is 2.52. The number of hydrogen-bond acceptors (Lipinski definition) is 2.